The SMILES string of the molecule is CS(=O)(=O)OCCCN=[N+]=[N-].[N-]=[N+]=NCCCCS(=O)(=O)O. The van der Waals surface area contributed by atoms with Crippen molar-refractivity contribution in [1.29, 1.82) is 0 Å². The topological polar surface area (TPSA) is 195 Å². The van der Waals surface area contributed by atoms with Gasteiger partial charge in [-0.15, -0.1) is 0 Å². The van der Waals surface area contributed by atoms with Gasteiger partial charge in [-0.3, -0.25) is 8.74 Å². The first-order chi connectivity index (χ1) is 10.1. The lowest BCUT2D eigenvalue weighted by atomic mass is 10.3. The van der Waals surface area contributed by atoms with Crippen LogP contribution in [0, 0.1) is 0 Å². The van der Waals surface area contributed by atoms with Gasteiger partial charge in [0.05, 0.1) is 18.6 Å². The maximum Gasteiger partial charge on any atom is 0.264 e. The summed E-state index contributed by atoms with van der Waals surface area (Å²) in [7, 11) is -7.19. The van der Waals surface area contributed by atoms with E-state index in [4.69, 9.17) is 15.6 Å². The van der Waals surface area contributed by atoms with E-state index in [2.05, 4.69) is 24.2 Å². The molecule has 0 amide bonds. The highest BCUT2D eigenvalue weighted by atomic mass is 32.2. The molecule has 0 aromatic rings. The lowest BCUT2D eigenvalue weighted by molar-refractivity contribution is 0.318. The molecule has 0 atom stereocenters. The molecule has 0 radical (unpaired) electrons. The minimum atomic E-state index is -3.85. The van der Waals surface area contributed by atoms with Gasteiger partial charge in [-0.2, -0.15) is 16.8 Å². The zero-order chi connectivity index (χ0) is 17.5. The Bertz CT molecular complexity index is 537. The van der Waals surface area contributed by atoms with E-state index in [1.165, 1.54) is 0 Å². The number of azide groups is 2. The Morgan fingerprint density at radius 2 is 1.50 bits per heavy atom. The van der Waals surface area contributed by atoms with Gasteiger partial charge in [0.1, 0.15) is 0 Å². The molecule has 0 saturated carbocycles. The summed E-state index contributed by atoms with van der Waals surface area (Å²) in [5.41, 5.74) is 15.6. The van der Waals surface area contributed by atoms with Crippen LogP contribution in [0.15, 0.2) is 10.2 Å². The molecule has 12 nitrogen and oxygen atoms in total. The summed E-state index contributed by atoms with van der Waals surface area (Å²) < 4.78 is 53.5. The van der Waals surface area contributed by atoms with E-state index in [0.29, 0.717) is 19.3 Å². The molecular formula is C8H18N6O6S2. The zero-order valence-electron chi connectivity index (χ0n) is 11.9. The fourth-order valence-electron chi connectivity index (χ4n) is 0.902. The van der Waals surface area contributed by atoms with Crippen LogP contribution in [0.3, 0.4) is 0 Å². The Labute approximate surface area is 128 Å². The fourth-order valence-corrected chi connectivity index (χ4v) is 1.89. The van der Waals surface area contributed by atoms with Crippen molar-refractivity contribution in [2.75, 3.05) is 31.7 Å². The van der Waals surface area contributed by atoms with E-state index in [1.807, 2.05) is 0 Å². The highest BCUT2D eigenvalue weighted by molar-refractivity contribution is 7.86. The number of hydrogen-bond acceptors (Lipinski definition) is 7. The summed E-state index contributed by atoms with van der Waals surface area (Å²) in [5, 5.41) is 6.39. The van der Waals surface area contributed by atoms with Crippen LogP contribution in [0.4, 0.5) is 0 Å². The quantitative estimate of drug-likeness (QED) is 0.154. The summed E-state index contributed by atoms with van der Waals surface area (Å²) in [5.74, 6) is -0.270. The average Bonchev–Trinajstić information content (AvgIpc) is 2.36. The standard InChI is InChI=1S/2C4H9N3O3S/c1-11(8,9)10-4-2-3-6-7-5;5-7-6-3-1-2-4-11(8,9)10/h2-4H2,1H3;1-4H2,(H,8,9,10). The molecule has 22 heavy (non-hydrogen) atoms. The van der Waals surface area contributed by atoms with Gasteiger partial charge >= 0.3 is 0 Å². The molecule has 0 aliphatic rings. The second-order valence-electron chi connectivity index (χ2n) is 3.78. The van der Waals surface area contributed by atoms with Crippen LogP contribution in [-0.2, 0) is 24.4 Å². The van der Waals surface area contributed by atoms with Crippen LogP contribution >= 0.6 is 0 Å². The van der Waals surface area contributed by atoms with Crippen LogP contribution in [0.5, 0.6) is 0 Å². The number of hydrogen-bond donors (Lipinski definition) is 1. The van der Waals surface area contributed by atoms with E-state index >= 15 is 0 Å². The second-order valence-corrected chi connectivity index (χ2v) is 7.00. The van der Waals surface area contributed by atoms with E-state index < -0.39 is 20.2 Å². The first kappa shape index (κ1) is 22.7. The van der Waals surface area contributed by atoms with Gasteiger partial charge in [-0.25, -0.2) is 0 Å². The number of unbranched alkanes of at least 4 members (excludes halogenated alkanes) is 1. The molecule has 0 aromatic carbocycles. The maximum absolute atomic E-state index is 10.3. The molecule has 1 N–H and O–H groups in total. The van der Waals surface area contributed by atoms with Gasteiger partial charge in [0.25, 0.3) is 20.2 Å². The predicted molar refractivity (Wildman–Crippen MR) is 79.1 cm³/mol. The van der Waals surface area contributed by atoms with Crippen molar-refractivity contribution in [2.45, 2.75) is 19.3 Å². The molecule has 0 aliphatic heterocycles. The van der Waals surface area contributed by atoms with Gasteiger partial charge in [0, 0.05) is 22.9 Å². The largest absolute Gasteiger partial charge is 0.286 e. The van der Waals surface area contributed by atoms with E-state index in [9.17, 15) is 16.8 Å². The van der Waals surface area contributed by atoms with Gasteiger partial charge in [-0.1, -0.05) is 10.2 Å². The van der Waals surface area contributed by atoms with Crippen LogP contribution in [0.2, 0.25) is 0 Å². The summed E-state index contributed by atoms with van der Waals surface area (Å²) in [6, 6.07) is 0. The molecular weight excluding hydrogens is 340 g/mol. The third-order valence-electron chi connectivity index (χ3n) is 1.74. The first-order valence-corrected chi connectivity index (χ1v) is 9.36. The molecule has 0 aliphatic carbocycles. The zero-order valence-corrected chi connectivity index (χ0v) is 13.6. The summed E-state index contributed by atoms with van der Waals surface area (Å²) in [6.45, 7) is 0.593. The molecule has 0 heterocycles. The molecule has 14 heteroatoms. The van der Waals surface area contributed by atoms with Crippen molar-refractivity contribution in [3.05, 3.63) is 20.9 Å². The van der Waals surface area contributed by atoms with Crippen molar-refractivity contribution in [1.82, 2.24) is 0 Å². The first-order valence-electron chi connectivity index (χ1n) is 5.93. The maximum atomic E-state index is 10.3. The summed E-state index contributed by atoms with van der Waals surface area (Å²) >= 11 is 0. The molecule has 0 aromatic heterocycles. The second kappa shape index (κ2) is 13.1. The Morgan fingerprint density at radius 1 is 1.00 bits per heavy atom. The predicted octanol–water partition coefficient (Wildman–Crippen LogP) is 1.63. The van der Waals surface area contributed by atoms with Crippen LogP contribution < -0.4 is 0 Å². The lowest BCUT2D eigenvalue weighted by Gasteiger charge is -1.96. The van der Waals surface area contributed by atoms with Crippen molar-refractivity contribution in [3.8, 4) is 0 Å². The molecule has 128 valence electrons. The highest BCUT2D eigenvalue weighted by Gasteiger charge is 2.01. The summed E-state index contributed by atoms with van der Waals surface area (Å²) in [6.07, 6.45) is 2.18. The van der Waals surface area contributed by atoms with Crippen molar-refractivity contribution in [2.24, 2.45) is 10.2 Å². The molecule has 0 rings (SSSR count). The smallest absolute Gasteiger partial charge is 0.264 e. The van der Waals surface area contributed by atoms with Crippen LogP contribution in [0.1, 0.15) is 19.3 Å². The molecule has 0 bridgehead atoms. The van der Waals surface area contributed by atoms with Gasteiger partial charge in [-0.05, 0) is 30.3 Å². The molecule has 0 saturated heterocycles. The van der Waals surface area contributed by atoms with Crippen molar-refractivity contribution >= 4 is 20.2 Å². The van der Waals surface area contributed by atoms with Crippen molar-refractivity contribution < 1.29 is 25.6 Å². The van der Waals surface area contributed by atoms with E-state index in [1.54, 1.807) is 0 Å². The Balaban J connectivity index is 0. The summed E-state index contributed by atoms with van der Waals surface area (Å²) in [4.78, 5) is 4.97. The molecule has 0 fully saturated rings. The van der Waals surface area contributed by atoms with E-state index in [-0.39, 0.29) is 25.4 Å². The lowest BCUT2D eigenvalue weighted by Crippen LogP contribution is -2.04. The van der Waals surface area contributed by atoms with Crippen LogP contribution in [0.25, 0.3) is 20.9 Å². The van der Waals surface area contributed by atoms with Gasteiger partial charge in [0.2, 0.25) is 0 Å². The van der Waals surface area contributed by atoms with Gasteiger partial charge < -0.3 is 0 Å². The minimum absolute atomic E-state index is 0.0673. The van der Waals surface area contributed by atoms with E-state index in [0.717, 1.165) is 6.26 Å². The Morgan fingerprint density at radius 3 is 1.91 bits per heavy atom. The molecule has 0 spiro atoms. The average molecular weight is 358 g/mol. The number of nitrogens with zero attached hydrogens (tertiary/aromatic N) is 6. The minimum Gasteiger partial charge on any atom is -0.286 e. The fraction of sp³-hybridized carbons (Fsp3) is 1.00. The third kappa shape index (κ3) is 26.9. The van der Waals surface area contributed by atoms with Crippen LogP contribution in [-0.4, -0.2) is 53.1 Å². The monoisotopic (exact) mass is 358 g/mol. The number of rotatable bonds is 10. The molecule has 0 unspecified atom stereocenters. The van der Waals surface area contributed by atoms with Gasteiger partial charge in [0.15, 0.2) is 0 Å². The highest BCUT2D eigenvalue weighted by Crippen LogP contribution is 1.94. The van der Waals surface area contributed by atoms with Crippen molar-refractivity contribution in [3.63, 3.8) is 0 Å². The Kier molecular flexibility index (Phi) is 13.6. The third-order valence-corrected chi connectivity index (χ3v) is 3.14. The Hall–Kier alpha value is -1.56. The normalized spacial score (nSPS) is 10.6.